The third-order valence-electron chi connectivity index (χ3n) is 4.98. The smallest absolute Gasteiger partial charge is 0.265 e. The Morgan fingerprint density at radius 3 is 2.68 bits per heavy atom. The molecule has 0 saturated heterocycles. The summed E-state index contributed by atoms with van der Waals surface area (Å²) in [6.07, 6.45) is 1.61. The number of hydrogen-bond acceptors (Lipinski definition) is 6. The lowest BCUT2D eigenvalue weighted by atomic mass is 10.0. The average Bonchev–Trinajstić information content (AvgIpc) is 2.78. The van der Waals surface area contributed by atoms with Crippen LogP contribution in [-0.4, -0.2) is 46.6 Å². The number of nitrogens with two attached hydrogens (primary N) is 1. The monoisotopic (exact) mass is 417 g/mol. The Labute approximate surface area is 178 Å². The van der Waals surface area contributed by atoms with Gasteiger partial charge in [-0.15, -0.1) is 0 Å². The second-order valence-electron chi connectivity index (χ2n) is 7.12. The minimum Gasteiger partial charge on any atom is -0.399 e. The van der Waals surface area contributed by atoms with Gasteiger partial charge >= 0.3 is 0 Å². The van der Waals surface area contributed by atoms with Gasteiger partial charge in [-0.3, -0.25) is 14.0 Å². The SMILES string of the molecule is Nc1cccc(-c2ccc3nc4c(C(=O)NCCNCCO)cccn4c(=O)c3c2)c1. The first-order valence-corrected chi connectivity index (χ1v) is 9.99. The number of nitrogens with one attached hydrogen (secondary N) is 2. The molecule has 4 rings (SSSR count). The predicted molar refractivity (Wildman–Crippen MR) is 121 cm³/mol. The Morgan fingerprint density at radius 2 is 1.87 bits per heavy atom. The molecule has 2 aromatic carbocycles. The van der Waals surface area contributed by atoms with Gasteiger partial charge in [0, 0.05) is 31.5 Å². The van der Waals surface area contributed by atoms with E-state index in [1.807, 2.05) is 30.3 Å². The van der Waals surface area contributed by atoms with Crippen LogP contribution < -0.4 is 21.9 Å². The molecule has 2 aromatic heterocycles. The molecule has 31 heavy (non-hydrogen) atoms. The van der Waals surface area contributed by atoms with Crippen molar-refractivity contribution in [1.82, 2.24) is 20.0 Å². The summed E-state index contributed by atoms with van der Waals surface area (Å²) in [4.78, 5) is 30.4. The molecule has 0 atom stereocenters. The summed E-state index contributed by atoms with van der Waals surface area (Å²) in [6, 6.07) is 16.2. The van der Waals surface area contributed by atoms with E-state index in [9.17, 15) is 9.59 Å². The zero-order valence-electron chi connectivity index (χ0n) is 16.8. The van der Waals surface area contributed by atoms with Gasteiger partial charge in [0.15, 0.2) is 5.65 Å². The van der Waals surface area contributed by atoms with Crippen LogP contribution in [0.25, 0.3) is 27.7 Å². The molecule has 1 amide bonds. The van der Waals surface area contributed by atoms with Crippen molar-refractivity contribution in [3.05, 3.63) is 76.7 Å². The summed E-state index contributed by atoms with van der Waals surface area (Å²) in [5.41, 5.74) is 9.20. The number of nitrogens with zero attached hydrogens (tertiary/aromatic N) is 2. The van der Waals surface area contributed by atoms with Crippen molar-refractivity contribution in [2.75, 3.05) is 32.0 Å². The number of aliphatic hydroxyl groups is 1. The van der Waals surface area contributed by atoms with Gasteiger partial charge in [-0.1, -0.05) is 18.2 Å². The molecule has 0 aliphatic rings. The first-order valence-electron chi connectivity index (χ1n) is 9.99. The van der Waals surface area contributed by atoms with Gasteiger partial charge in [0.05, 0.1) is 23.1 Å². The Balaban J connectivity index is 1.72. The van der Waals surface area contributed by atoms with E-state index in [4.69, 9.17) is 10.8 Å². The van der Waals surface area contributed by atoms with Crippen molar-refractivity contribution in [3.8, 4) is 11.1 Å². The third-order valence-corrected chi connectivity index (χ3v) is 4.98. The number of hydrogen-bond donors (Lipinski definition) is 4. The standard InChI is InChI=1S/C23H23N5O3/c24-17-4-1-3-15(13-17)16-6-7-20-19(14-16)23(31)28-11-2-5-18(21(28)27-20)22(30)26-9-8-25-10-12-29/h1-7,11,13-14,25,29H,8-10,12,24H2,(H,26,30). The molecular formula is C23H23N5O3. The number of anilines is 1. The summed E-state index contributed by atoms with van der Waals surface area (Å²) in [5.74, 6) is -0.313. The Hall–Kier alpha value is -3.75. The van der Waals surface area contributed by atoms with E-state index < -0.39 is 0 Å². The number of rotatable bonds is 7. The lowest BCUT2D eigenvalue weighted by Crippen LogP contribution is -2.33. The van der Waals surface area contributed by atoms with Gasteiger partial charge in [-0.05, 0) is 47.5 Å². The minimum atomic E-state index is -0.313. The van der Waals surface area contributed by atoms with E-state index in [1.165, 1.54) is 4.40 Å². The van der Waals surface area contributed by atoms with Crippen LogP contribution in [-0.2, 0) is 0 Å². The Morgan fingerprint density at radius 1 is 1.03 bits per heavy atom. The van der Waals surface area contributed by atoms with Crippen LogP contribution >= 0.6 is 0 Å². The lowest BCUT2D eigenvalue weighted by molar-refractivity contribution is 0.0955. The highest BCUT2D eigenvalue weighted by molar-refractivity contribution is 6.00. The highest BCUT2D eigenvalue weighted by atomic mass is 16.3. The lowest BCUT2D eigenvalue weighted by Gasteiger charge is -2.10. The number of nitrogen functional groups attached to an aromatic ring is 1. The summed E-state index contributed by atoms with van der Waals surface area (Å²) >= 11 is 0. The zero-order chi connectivity index (χ0) is 21.8. The first-order chi connectivity index (χ1) is 15.1. The number of fused-ring (bicyclic) bond motifs is 2. The number of aliphatic hydroxyl groups excluding tert-OH is 1. The normalized spacial score (nSPS) is 11.1. The van der Waals surface area contributed by atoms with Crippen LogP contribution in [0.1, 0.15) is 10.4 Å². The Kier molecular flexibility index (Phi) is 5.92. The maximum atomic E-state index is 13.2. The number of amides is 1. The van der Waals surface area contributed by atoms with Crippen LogP contribution in [0.5, 0.6) is 0 Å². The molecule has 0 fully saturated rings. The van der Waals surface area contributed by atoms with Crippen molar-refractivity contribution < 1.29 is 9.90 Å². The number of carbonyl (C=O) groups excluding carboxylic acids is 1. The summed E-state index contributed by atoms with van der Waals surface area (Å²) in [7, 11) is 0. The van der Waals surface area contributed by atoms with Gasteiger partial charge in [0.1, 0.15) is 0 Å². The molecule has 0 aliphatic heterocycles. The van der Waals surface area contributed by atoms with Crippen LogP contribution in [0.15, 0.2) is 65.6 Å². The van der Waals surface area contributed by atoms with E-state index >= 15 is 0 Å². The van der Waals surface area contributed by atoms with Crippen LogP contribution in [0, 0.1) is 0 Å². The van der Waals surface area contributed by atoms with Gasteiger partial charge in [-0.2, -0.15) is 0 Å². The molecule has 0 spiro atoms. The fraction of sp³-hybridized carbons (Fsp3) is 0.174. The summed E-state index contributed by atoms with van der Waals surface area (Å²) < 4.78 is 1.39. The van der Waals surface area contributed by atoms with Crippen molar-refractivity contribution in [2.24, 2.45) is 0 Å². The molecule has 5 N–H and O–H groups in total. The maximum Gasteiger partial charge on any atom is 0.265 e. The fourth-order valence-electron chi connectivity index (χ4n) is 3.47. The van der Waals surface area contributed by atoms with Gasteiger partial charge in [-0.25, -0.2) is 4.98 Å². The Bertz CT molecular complexity index is 1320. The zero-order valence-corrected chi connectivity index (χ0v) is 16.8. The molecule has 8 heteroatoms. The van der Waals surface area contributed by atoms with Crippen molar-refractivity contribution >= 4 is 28.1 Å². The fourth-order valence-corrected chi connectivity index (χ4v) is 3.47. The molecule has 0 saturated carbocycles. The van der Waals surface area contributed by atoms with E-state index in [0.29, 0.717) is 47.4 Å². The van der Waals surface area contributed by atoms with Gasteiger partial charge < -0.3 is 21.5 Å². The quantitative estimate of drug-likeness (QED) is 0.205. The maximum absolute atomic E-state index is 13.2. The number of carbonyl (C=O) groups is 1. The van der Waals surface area contributed by atoms with Crippen molar-refractivity contribution in [1.29, 1.82) is 0 Å². The van der Waals surface area contributed by atoms with Crippen molar-refractivity contribution in [3.63, 3.8) is 0 Å². The van der Waals surface area contributed by atoms with E-state index in [1.54, 1.807) is 30.5 Å². The van der Waals surface area contributed by atoms with Gasteiger partial charge in [0.2, 0.25) is 0 Å². The van der Waals surface area contributed by atoms with Crippen LogP contribution in [0.2, 0.25) is 0 Å². The molecule has 8 nitrogen and oxygen atoms in total. The largest absolute Gasteiger partial charge is 0.399 e. The topological polar surface area (TPSA) is 122 Å². The highest BCUT2D eigenvalue weighted by Crippen LogP contribution is 2.24. The number of aromatic nitrogens is 2. The van der Waals surface area contributed by atoms with E-state index in [2.05, 4.69) is 15.6 Å². The highest BCUT2D eigenvalue weighted by Gasteiger charge is 2.14. The molecular weight excluding hydrogens is 394 g/mol. The molecule has 0 aliphatic carbocycles. The summed E-state index contributed by atoms with van der Waals surface area (Å²) in [6.45, 7) is 1.42. The van der Waals surface area contributed by atoms with Crippen LogP contribution in [0.4, 0.5) is 5.69 Å². The van der Waals surface area contributed by atoms with Crippen molar-refractivity contribution in [2.45, 2.75) is 0 Å². The van der Waals surface area contributed by atoms with Crippen LogP contribution in [0.3, 0.4) is 0 Å². The molecule has 0 bridgehead atoms. The second-order valence-corrected chi connectivity index (χ2v) is 7.12. The molecule has 0 radical (unpaired) electrons. The molecule has 2 heterocycles. The first kappa shape index (κ1) is 20.5. The predicted octanol–water partition coefficient (Wildman–Crippen LogP) is 1.41. The third kappa shape index (κ3) is 4.25. The number of pyridine rings is 1. The number of benzene rings is 2. The van der Waals surface area contributed by atoms with Gasteiger partial charge in [0.25, 0.3) is 11.5 Å². The molecule has 158 valence electrons. The van der Waals surface area contributed by atoms with E-state index in [0.717, 1.165) is 11.1 Å². The van der Waals surface area contributed by atoms with E-state index in [-0.39, 0.29) is 18.1 Å². The molecule has 0 unspecified atom stereocenters. The second kappa shape index (κ2) is 8.95. The summed E-state index contributed by atoms with van der Waals surface area (Å²) in [5, 5.41) is 15.0. The minimum absolute atomic E-state index is 0.0382. The molecule has 4 aromatic rings. The average molecular weight is 417 g/mol.